The van der Waals surface area contributed by atoms with Crippen molar-refractivity contribution in [3.05, 3.63) is 81.9 Å². The lowest BCUT2D eigenvalue weighted by Crippen LogP contribution is -2.55. The number of nitro groups is 1. The Labute approximate surface area is 173 Å². The Morgan fingerprint density at radius 2 is 1.50 bits per heavy atom. The quantitative estimate of drug-likeness (QED) is 0.237. The predicted molar refractivity (Wildman–Crippen MR) is 111 cm³/mol. The lowest BCUT2D eigenvalue weighted by atomic mass is 9.89. The molecule has 0 aromatic heterocycles. The van der Waals surface area contributed by atoms with E-state index >= 15 is 0 Å². The maximum atomic E-state index is 13.7. The molecule has 10 heteroatoms. The minimum Gasteiger partial charge on any atom is -0.368 e. The number of hydrogen-bond acceptors (Lipinski definition) is 5. The minimum atomic E-state index is -1.24. The second kappa shape index (κ2) is 10.7. The van der Waals surface area contributed by atoms with Crippen molar-refractivity contribution < 1.29 is 14.6 Å². The average Bonchev–Trinajstić information content (AvgIpc) is 2.72. The molecule has 10 nitrogen and oxygen atoms in total. The van der Waals surface area contributed by atoms with E-state index in [-0.39, 0.29) is 13.0 Å². The molecule has 0 radical (unpaired) electrons. The van der Waals surface area contributed by atoms with E-state index in [1.165, 1.54) is 0 Å². The molecule has 2 aromatic carbocycles. The molecular weight excluding hydrogens is 388 g/mol. The first-order valence-electron chi connectivity index (χ1n) is 9.27. The van der Waals surface area contributed by atoms with Gasteiger partial charge in [0.1, 0.15) is 11.1 Å². The molecule has 0 heterocycles. The fourth-order valence-electron chi connectivity index (χ4n) is 3.18. The van der Waals surface area contributed by atoms with Crippen LogP contribution in [0, 0.1) is 10.1 Å². The molecule has 0 bridgehead atoms. The second-order valence-corrected chi connectivity index (χ2v) is 6.51. The van der Waals surface area contributed by atoms with Crippen LogP contribution >= 0.6 is 0 Å². The third-order valence-electron chi connectivity index (χ3n) is 4.50. The lowest BCUT2D eigenvalue weighted by Gasteiger charge is -2.31. The highest BCUT2D eigenvalue weighted by molar-refractivity contribution is 6.04. The number of primary amides is 1. The van der Waals surface area contributed by atoms with Gasteiger partial charge in [-0.1, -0.05) is 60.7 Å². The Kier molecular flexibility index (Phi) is 8.00. The number of carbonyl (C=O) groups excluding carboxylic acids is 2. The summed E-state index contributed by atoms with van der Waals surface area (Å²) >= 11 is 0. The van der Waals surface area contributed by atoms with Gasteiger partial charge in [0, 0.05) is 0 Å². The normalized spacial score (nSPS) is 12.4. The van der Waals surface area contributed by atoms with Gasteiger partial charge in [-0.15, -0.1) is 0 Å². The van der Waals surface area contributed by atoms with Gasteiger partial charge >= 0.3 is 0 Å². The van der Waals surface area contributed by atoms with Crippen LogP contribution in [0.15, 0.2) is 65.8 Å². The zero-order valence-corrected chi connectivity index (χ0v) is 16.3. The third kappa shape index (κ3) is 5.61. The Hall–Kier alpha value is -3.79. The molecule has 30 heavy (non-hydrogen) atoms. The molecule has 0 aliphatic rings. The van der Waals surface area contributed by atoms with Crippen molar-refractivity contribution >= 4 is 17.8 Å². The Morgan fingerprint density at radius 1 is 1.00 bits per heavy atom. The average molecular weight is 412 g/mol. The summed E-state index contributed by atoms with van der Waals surface area (Å²) < 4.78 is 0. The number of nitrogens with zero attached hydrogens (tertiary/aromatic N) is 3. The van der Waals surface area contributed by atoms with Gasteiger partial charge in [0.15, 0.2) is 5.03 Å². The topological polar surface area (TPSA) is 171 Å². The van der Waals surface area contributed by atoms with E-state index in [9.17, 15) is 19.7 Å². The van der Waals surface area contributed by atoms with Gasteiger partial charge in [0.2, 0.25) is 11.8 Å². The van der Waals surface area contributed by atoms with Crippen LogP contribution in [0.2, 0.25) is 0 Å². The van der Waals surface area contributed by atoms with Gasteiger partial charge in [0.25, 0.3) is 5.96 Å². The standard InChI is InChI=1S/C20H24N6O4/c21-13-7-12-16(18(22)27)25(20(23)24-26(29)30)19(28)17(14-8-3-1-4-9-14)15-10-5-2-6-11-15/h1-6,8-11,16-17H,7,12-13,21H2,(H2,22,27)(H2,23,24). The first-order chi connectivity index (χ1) is 14.4. The number of hydrazone groups is 1. The molecular formula is C20H24N6O4. The van der Waals surface area contributed by atoms with E-state index in [0.717, 1.165) is 4.90 Å². The summed E-state index contributed by atoms with van der Waals surface area (Å²) in [6.07, 6.45) is 0.437. The van der Waals surface area contributed by atoms with E-state index in [0.29, 0.717) is 17.5 Å². The van der Waals surface area contributed by atoms with E-state index in [1.54, 1.807) is 60.7 Å². The maximum Gasteiger partial charge on any atom is 0.276 e. The van der Waals surface area contributed by atoms with Crippen LogP contribution in [0.5, 0.6) is 0 Å². The molecule has 0 spiro atoms. The van der Waals surface area contributed by atoms with Crippen LogP contribution in [0.1, 0.15) is 29.9 Å². The van der Waals surface area contributed by atoms with Gasteiger partial charge in [-0.2, -0.15) is 0 Å². The summed E-state index contributed by atoms with van der Waals surface area (Å²) in [4.78, 5) is 37.6. The van der Waals surface area contributed by atoms with Crippen LogP contribution in [-0.2, 0) is 9.59 Å². The zero-order chi connectivity index (χ0) is 22.1. The summed E-state index contributed by atoms with van der Waals surface area (Å²) in [5, 5.41) is 12.9. The van der Waals surface area contributed by atoms with Crippen molar-refractivity contribution in [2.45, 2.75) is 24.8 Å². The van der Waals surface area contributed by atoms with Crippen LogP contribution in [0.4, 0.5) is 0 Å². The number of rotatable bonds is 9. The van der Waals surface area contributed by atoms with Crippen LogP contribution in [0.3, 0.4) is 0 Å². The molecule has 158 valence electrons. The fourth-order valence-corrected chi connectivity index (χ4v) is 3.18. The van der Waals surface area contributed by atoms with Gasteiger partial charge in [-0.05, 0) is 30.5 Å². The van der Waals surface area contributed by atoms with E-state index in [1.807, 2.05) is 0 Å². The van der Waals surface area contributed by atoms with E-state index < -0.39 is 34.8 Å². The first-order valence-corrected chi connectivity index (χ1v) is 9.27. The minimum absolute atomic E-state index is 0.0851. The number of carbonyl (C=O) groups is 2. The first kappa shape index (κ1) is 22.5. The molecule has 1 unspecified atom stereocenters. The highest BCUT2D eigenvalue weighted by atomic mass is 16.7. The van der Waals surface area contributed by atoms with Gasteiger partial charge in [-0.3, -0.25) is 14.5 Å². The summed E-state index contributed by atoms with van der Waals surface area (Å²) in [6.45, 7) is 0.235. The monoisotopic (exact) mass is 412 g/mol. The van der Waals surface area contributed by atoms with Crippen molar-refractivity contribution in [1.29, 1.82) is 0 Å². The summed E-state index contributed by atoms with van der Waals surface area (Å²) in [5.74, 6) is -3.12. The molecule has 0 aliphatic carbocycles. The summed E-state index contributed by atoms with van der Waals surface area (Å²) in [7, 11) is 0. The number of guanidine groups is 1. The van der Waals surface area contributed by atoms with Crippen LogP contribution < -0.4 is 17.2 Å². The lowest BCUT2D eigenvalue weighted by molar-refractivity contribution is -0.485. The molecule has 6 N–H and O–H groups in total. The third-order valence-corrected chi connectivity index (χ3v) is 4.50. The molecule has 0 saturated carbocycles. The highest BCUT2D eigenvalue weighted by Crippen LogP contribution is 2.28. The predicted octanol–water partition coefficient (Wildman–Crippen LogP) is 0.746. The molecule has 0 saturated heterocycles. The molecule has 0 aliphatic heterocycles. The number of nitrogens with two attached hydrogens (primary N) is 3. The highest BCUT2D eigenvalue weighted by Gasteiger charge is 2.37. The van der Waals surface area contributed by atoms with Gasteiger partial charge in [-0.25, -0.2) is 10.1 Å². The van der Waals surface area contributed by atoms with Crippen molar-refractivity contribution in [1.82, 2.24) is 4.90 Å². The van der Waals surface area contributed by atoms with E-state index in [2.05, 4.69) is 5.10 Å². The molecule has 0 fully saturated rings. The number of amides is 2. The number of hydrogen-bond donors (Lipinski definition) is 3. The zero-order valence-electron chi connectivity index (χ0n) is 16.3. The number of benzene rings is 2. The van der Waals surface area contributed by atoms with Crippen molar-refractivity contribution in [3.63, 3.8) is 0 Å². The molecule has 2 aromatic rings. The summed E-state index contributed by atoms with van der Waals surface area (Å²) in [5.41, 5.74) is 18.1. The fraction of sp³-hybridized carbons (Fsp3) is 0.250. The van der Waals surface area contributed by atoms with Gasteiger partial charge < -0.3 is 17.2 Å². The molecule has 1 atom stereocenters. The molecule has 2 amide bonds. The Morgan fingerprint density at radius 3 is 1.90 bits per heavy atom. The van der Waals surface area contributed by atoms with Crippen molar-refractivity contribution in [2.75, 3.05) is 6.54 Å². The SMILES string of the molecule is NCCCC(C(N)=O)N(C(=O)C(c1ccccc1)c1ccccc1)/C(N)=N\[N+](=O)[O-]. The van der Waals surface area contributed by atoms with Crippen LogP contribution in [0.25, 0.3) is 0 Å². The van der Waals surface area contributed by atoms with Crippen LogP contribution in [-0.4, -0.2) is 40.3 Å². The Balaban J connectivity index is 2.62. The van der Waals surface area contributed by atoms with Crippen molar-refractivity contribution in [2.24, 2.45) is 22.3 Å². The smallest absolute Gasteiger partial charge is 0.276 e. The largest absolute Gasteiger partial charge is 0.368 e. The van der Waals surface area contributed by atoms with E-state index in [4.69, 9.17) is 17.2 Å². The Bertz CT molecular complexity index is 865. The second-order valence-electron chi connectivity index (χ2n) is 6.51. The van der Waals surface area contributed by atoms with Gasteiger partial charge in [0.05, 0.1) is 5.92 Å². The molecule has 2 rings (SSSR count). The summed E-state index contributed by atoms with van der Waals surface area (Å²) in [6, 6.07) is 16.4. The maximum absolute atomic E-state index is 13.7. The van der Waals surface area contributed by atoms with Crippen molar-refractivity contribution in [3.8, 4) is 0 Å².